The third-order valence-electron chi connectivity index (χ3n) is 5.08. The van der Waals surface area contributed by atoms with Crippen LogP contribution in [0.2, 0.25) is 0 Å². The Morgan fingerprint density at radius 3 is 2.52 bits per heavy atom. The molecule has 0 aromatic heterocycles. The van der Waals surface area contributed by atoms with E-state index in [9.17, 15) is 9.59 Å². The summed E-state index contributed by atoms with van der Waals surface area (Å²) >= 11 is 0. The summed E-state index contributed by atoms with van der Waals surface area (Å²) in [6.07, 6.45) is 10.8. The van der Waals surface area contributed by atoms with Gasteiger partial charge in [0.2, 0.25) is 11.8 Å². The van der Waals surface area contributed by atoms with Gasteiger partial charge >= 0.3 is 0 Å². The maximum absolute atomic E-state index is 12.9. The van der Waals surface area contributed by atoms with Crippen LogP contribution in [0.4, 0.5) is 0 Å². The van der Waals surface area contributed by atoms with Gasteiger partial charge < -0.3 is 10.2 Å². The first kappa shape index (κ1) is 16.3. The van der Waals surface area contributed by atoms with E-state index >= 15 is 0 Å². The Hall–Kier alpha value is -1.06. The number of hydrogen-bond acceptors (Lipinski definition) is 2. The van der Waals surface area contributed by atoms with Crippen molar-refractivity contribution in [2.45, 2.75) is 89.6 Å². The number of nitrogens with zero attached hydrogens (tertiary/aromatic N) is 1. The van der Waals surface area contributed by atoms with Crippen molar-refractivity contribution >= 4 is 11.8 Å². The highest BCUT2D eigenvalue weighted by Gasteiger charge is 2.47. The lowest BCUT2D eigenvalue weighted by atomic mass is 9.79. The van der Waals surface area contributed by atoms with Gasteiger partial charge in [-0.15, -0.1) is 0 Å². The van der Waals surface area contributed by atoms with Crippen molar-refractivity contribution in [3.8, 4) is 0 Å². The fourth-order valence-electron chi connectivity index (χ4n) is 3.73. The molecule has 21 heavy (non-hydrogen) atoms. The molecule has 0 radical (unpaired) electrons. The second-order valence-corrected chi connectivity index (χ2v) is 6.82. The van der Waals surface area contributed by atoms with Crippen LogP contribution in [-0.4, -0.2) is 34.8 Å². The molecular weight excluding hydrogens is 264 g/mol. The van der Waals surface area contributed by atoms with Gasteiger partial charge in [0, 0.05) is 6.04 Å². The van der Waals surface area contributed by atoms with Crippen molar-refractivity contribution in [3.63, 3.8) is 0 Å². The second-order valence-electron chi connectivity index (χ2n) is 6.82. The van der Waals surface area contributed by atoms with Gasteiger partial charge in [-0.25, -0.2) is 0 Å². The minimum atomic E-state index is -0.578. The van der Waals surface area contributed by atoms with Crippen LogP contribution >= 0.6 is 0 Å². The van der Waals surface area contributed by atoms with E-state index in [1.165, 1.54) is 25.7 Å². The molecule has 2 rings (SSSR count). The molecule has 1 N–H and O–H groups in total. The van der Waals surface area contributed by atoms with Gasteiger partial charge in [0.05, 0.1) is 6.54 Å². The van der Waals surface area contributed by atoms with Crippen LogP contribution in [0.5, 0.6) is 0 Å². The maximum Gasteiger partial charge on any atom is 0.249 e. The minimum Gasteiger partial charge on any atom is -0.340 e. The van der Waals surface area contributed by atoms with Crippen LogP contribution < -0.4 is 5.32 Å². The molecule has 120 valence electrons. The molecule has 1 heterocycles. The van der Waals surface area contributed by atoms with E-state index in [-0.39, 0.29) is 24.4 Å². The van der Waals surface area contributed by atoms with Gasteiger partial charge in [-0.3, -0.25) is 9.59 Å². The van der Waals surface area contributed by atoms with Crippen molar-refractivity contribution in [3.05, 3.63) is 0 Å². The third-order valence-corrected chi connectivity index (χ3v) is 5.08. The monoisotopic (exact) mass is 294 g/mol. The van der Waals surface area contributed by atoms with Crippen LogP contribution in [-0.2, 0) is 9.59 Å². The lowest BCUT2D eigenvalue weighted by Gasteiger charge is -2.46. The number of piperazine rings is 1. The van der Waals surface area contributed by atoms with Crippen molar-refractivity contribution in [1.82, 2.24) is 10.2 Å². The molecule has 0 bridgehead atoms. The summed E-state index contributed by atoms with van der Waals surface area (Å²) in [6.45, 7) is 4.54. The number of nitrogens with one attached hydrogen (secondary N) is 1. The van der Waals surface area contributed by atoms with E-state index < -0.39 is 5.54 Å². The largest absolute Gasteiger partial charge is 0.340 e. The van der Waals surface area contributed by atoms with Gasteiger partial charge in [-0.2, -0.15) is 0 Å². The van der Waals surface area contributed by atoms with Crippen LogP contribution in [0.25, 0.3) is 0 Å². The van der Waals surface area contributed by atoms with E-state index in [1.54, 1.807) is 0 Å². The summed E-state index contributed by atoms with van der Waals surface area (Å²) < 4.78 is 0. The molecule has 4 nitrogen and oxygen atoms in total. The molecule has 0 aromatic rings. The van der Waals surface area contributed by atoms with Crippen molar-refractivity contribution in [1.29, 1.82) is 0 Å². The Balaban J connectivity index is 1.97. The van der Waals surface area contributed by atoms with Crippen LogP contribution in [0.15, 0.2) is 0 Å². The Labute approximate surface area is 128 Å². The molecular formula is C17H30N2O2. The summed E-state index contributed by atoms with van der Waals surface area (Å²) in [7, 11) is 0. The van der Waals surface area contributed by atoms with Crippen LogP contribution in [0.3, 0.4) is 0 Å². The first-order valence-electron chi connectivity index (χ1n) is 8.71. The summed E-state index contributed by atoms with van der Waals surface area (Å²) in [5.41, 5.74) is -0.578. The normalized spacial score (nSPS) is 23.2. The first-order chi connectivity index (χ1) is 10.1. The SMILES string of the molecule is CCCCCCC(C)N1CC(=O)NC2(CCCCC2)C1=O. The maximum atomic E-state index is 12.9. The molecule has 1 aliphatic heterocycles. The molecule has 1 saturated heterocycles. The molecule has 1 atom stereocenters. The average Bonchev–Trinajstić information content (AvgIpc) is 2.48. The summed E-state index contributed by atoms with van der Waals surface area (Å²) in [4.78, 5) is 26.8. The van der Waals surface area contributed by atoms with E-state index in [0.717, 1.165) is 38.5 Å². The molecule has 1 spiro atoms. The minimum absolute atomic E-state index is 0.0249. The summed E-state index contributed by atoms with van der Waals surface area (Å²) in [5, 5.41) is 3.01. The lowest BCUT2D eigenvalue weighted by Crippen LogP contribution is -2.68. The standard InChI is InChI=1S/C17H30N2O2/c1-3-4-5-7-10-14(2)19-13-15(20)18-17(16(19)21)11-8-6-9-12-17/h14H,3-13H2,1-2H3,(H,18,20). The average molecular weight is 294 g/mol. The third kappa shape index (κ3) is 3.78. The van der Waals surface area contributed by atoms with E-state index in [2.05, 4.69) is 19.2 Å². The molecule has 2 amide bonds. The van der Waals surface area contributed by atoms with Gasteiger partial charge in [0.1, 0.15) is 5.54 Å². The van der Waals surface area contributed by atoms with Crippen molar-refractivity contribution < 1.29 is 9.59 Å². The zero-order valence-electron chi connectivity index (χ0n) is 13.6. The Morgan fingerprint density at radius 2 is 1.86 bits per heavy atom. The number of hydrogen-bond donors (Lipinski definition) is 1. The molecule has 0 aromatic carbocycles. The quantitative estimate of drug-likeness (QED) is 0.766. The fraction of sp³-hybridized carbons (Fsp3) is 0.882. The highest BCUT2D eigenvalue weighted by Crippen LogP contribution is 2.33. The molecule has 2 fully saturated rings. The van der Waals surface area contributed by atoms with Crippen molar-refractivity contribution in [2.75, 3.05) is 6.54 Å². The van der Waals surface area contributed by atoms with Crippen molar-refractivity contribution in [2.24, 2.45) is 0 Å². The molecule has 1 saturated carbocycles. The molecule has 1 unspecified atom stereocenters. The Kier molecular flexibility index (Phi) is 5.65. The number of amides is 2. The highest BCUT2D eigenvalue weighted by atomic mass is 16.2. The van der Waals surface area contributed by atoms with E-state index in [1.807, 2.05) is 4.90 Å². The molecule has 4 heteroatoms. The number of unbranched alkanes of at least 4 members (excludes halogenated alkanes) is 3. The highest BCUT2D eigenvalue weighted by molar-refractivity contribution is 5.98. The predicted molar refractivity (Wildman–Crippen MR) is 83.9 cm³/mol. The molecule has 1 aliphatic carbocycles. The van der Waals surface area contributed by atoms with Gasteiger partial charge in [0.15, 0.2) is 0 Å². The smallest absolute Gasteiger partial charge is 0.249 e. The number of carbonyl (C=O) groups excluding carboxylic acids is 2. The van der Waals surface area contributed by atoms with Crippen LogP contribution in [0, 0.1) is 0 Å². The van der Waals surface area contributed by atoms with E-state index in [0.29, 0.717) is 0 Å². The topological polar surface area (TPSA) is 49.4 Å². The fourth-order valence-corrected chi connectivity index (χ4v) is 3.73. The number of carbonyl (C=O) groups is 2. The van der Waals surface area contributed by atoms with Crippen LogP contribution in [0.1, 0.15) is 78.1 Å². The zero-order valence-corrected chi connectivity index (χ0v) is 13.6. The Morgan fingerprint density at radius 1 is 1.14 bits per heavy atom. The van der Waals surface area contributed by atoms with E-state index in [4.69, 9.17) is 0 Å². The summed E-state index contributed by atoms with van der Waals surface area (Å²) in [5.74, 6) is 0.196. The van der Waals surface area contributed by atoms with Gasteiger partial charge in [0.25, 0.3) is 0 Å². The number of rotatable bonds is 6. The lowest BCUT2D eigenvalue weighted by molar-refractivity contribution is -0.153. The summed E-state index contributed by atoms with van der Waals surface area (Å²) in [6, 6.07) is 0.180. The zero-order chi connectivity index (χ0) is 15.3. The van der Waals surface area contributed by atoms with Gasteiger partial charge in [-0.1, -0.05) is 51.9 Å². The predicted octanol–water partition coefficient (Wildman–Crippen LogP) is 3.01. The first-order valence-corrected chi connectivity index (χ1v) is 8.71. The van der Waals surface area contributed by atoms with Gasteiger partial charge in [-0.05, 0) is 26.2 Å². The second kappa shape index (κ2) is 7.28. The molecule has 2 aliphatic rings. The Bertz CT molecular complexity index is 375.